The number of allylic oxidation sites excluding steroid dienone is 1. The molecule has 1 rings (SSSR count). The Morgan fingerprint density at radius 2 is 2.15 bits per heavy atom. The maximum absolute atomic E-state index is 2.26. The van der Waals surface area contributed by atoms with Crippen molar-refractivity contribution in [3.8, 4) is 0 Å². The SMILES string of the molecule is CCC/C=C/c1ccc(C(C)C)s1. The van der Waals surface area contributed by atoms with E-state index in [2.05, 4.69) is 45.1 Å². The molecule has 72 valence electrons. The van der Waals surface area contributed by atoms with Gasteiger partial charge in [-0.3, -0.25) is 0 Å². The number of hydrogen-bond donors (Lipinski definition) is 0. The predicted octanol–water partition coefficient (Wildman–Crippen LogP) is 4.68. The summed E-state index contributed by atoms with van der Waals surface area (Å²) in [7, 11) is 0. The fourth-order valence-electron chi connectivity index (χ4n) is 1.13. The molecule has 1 aromatic heterocycles. The van der Waals surface area contributed by atoms with Gasteiger partial charge >= 0.3 is 0 Å². The van der Waals surface area contributed by atoms with E-state index < -0.39 is 0 Å². The smallest absolute Gasteiger partial charge is 0.0270 e. The van der Waals surface area contributed by atoms with E-state index in [4.69, 9.17) is 0 Å². The van der Waals surface area contributed by atoms with Crippen molar-refractivity contribution in [2.75, 3.05) is 0 Å². The maximum Gasteiger partial charge on any atom is 0.0270 e. The summed E-state index contributed by atoms with van der Waals surface area (Å²) in [5, 5.41) is 0. The highest BCUT2D eigenvalue weighted by Crippen LogP contribution is 2.25. The van der Waals surface area contributed by atoms with Crippen LogP contribution >= 0.6 is 11.3 Å². The Bertz CT molecular complexity index is 268. The van der Waals surface area contributed by atoms with Crippen LogP contribution in [-0.4, -0.2) is 0 Å². The van der Waals surface area contributed by atoms with Gasteiger partial charge in [-0.25, -0.2) is 0 Å². The van der Waals surface area contributed by atoms with Gasteiger partial charge < -0.3 is 0 Å². The van der Waals surface area contributed by atoms with Crippen LogP contribution in [0.5, 0.6) is 0 Å². The van der Waals surface area contributed by atoms with Crippen LogP contribution in [0, 0.1) is 0 Å². The monoisotopic (exact) mass is 194 g/mol. The second-order valence-corrected chi connectivity index (χ2v) is 4.73. The molecule has 0 spiro atoms. The second kappa shape index (κ2) is 5.23. The van der Waals surface area contributed by atoms with Crippen LogP contribution in [-0.2, 0) is 0 Å². The van der Waals surface area contributed by atoms with E-state index in [0.717, 1.165) is 0 Å². The molecule has 0 fully saturated rings. The molecule has 0 atom stereocenters. The van der Waals surface area contributed by atoms with E-state index in [1.165, 1.54) is 22.6 Å². The van der Waals surface area contributed by atoms with E-state index in [1.807, 2.05) is 11.3 Å². The fraction of sp³-hybridized carbons (Fsp3) is 0.500. The van der Waals surface area contributed by atoms with Gasteiger partial charge in [-0.15, -0.1) is 11.3 Å². The molecular formula is C12H18S. The topological polar surface area (TPSA) is 0 Å². The Kier molecular flexibility index (Phi) is 4.23. The van der Waals surface area contributed by atoms with Gasteiger partial charge in [0.1, 0.15) is 0 Å². The molecule has 0 radical (unpaired) electrons. The minimum atomic E-state index is 0.665. The minimum absolute atomic E-state index is 0.665. The van der Waals surface area contributed by atoms with Crippen molar-refractivity contribution in [2.45, 2.75) is 39.5 Å². The van der Waals surface area contributed by atoms with Gasteiger partial charge in [0.15, 0.2) is 0 Å². The summed E-state index contributed by atoms with van der Waals surface area (Å²) in [6.45, 7) is 6.69. The molecule has 0 N–H and O–H groups in total. The lowest BCUT2D eigenvalue weighted by Gasteiger charge is -1.96. The first kappa shape index (κ1) is 10.5. The summed E-state index contributed by atoms with van der Waals surface area (Å²) in [5.74, 6) is 0.665. The van der Waals surface area contributed by atoms with Crippen molar-refractivity contribution in [3.05, 3.63) is 28.0 Å². The van der Waals surface area contributed by atoms with Crippen LogP contribution in [0.3, 0.4) is 0 Å². The molecule has 0 nitrogen and oxygen atoms in total. The highest BCUT2D eigenvalue weighted by molar-refractivity contribution is 7.13. The van der Waals surface area contributed by atoms with Crippen LogP contribution < -0.4 is 0 Å². The molecular weight excluding hydrogens is 176 g/mol. The van der Waals surface area contributed by atoms with Crippen molar-refractivity contribution in [3.63, 3.8) is 0 Å². The molecule has 0 aliphatic heterocycles. The zero-order valence-electron chi connectivity index (χ0n) is 8.71. The third-order valence-electron chi connectivity index (χ3n) is 1.95. The number of rotatable bonds is 4. The molecule has 0 aliphatic rings. The van der Waals surface area contributed by atoms with Crippen LogP contribution in [0.4, 0.5) is 0 Å². The molecule has 0 bridgehead atoms. The molecule has 0 amide bonds. The first-order valence-electron chi connectivity index (χ1n) is 5.00. The number of thiophene rings is 1. The first-order chi connectivity index (χ1) is 6.24. The molecule has 0 aliphatic carbocycles. The summed E-state index contributed by atoms with van der Waals surface area (Å²) in [6.07, 6.45) is 6.92. The fourth-order valence-corrected chi connectivity index (χ4v) is 2.08. The van der Waals surface area contributed by atoms with Crippen molar-refractivity contribution < 1.29 is 0 Å². The van der Waals surface area contributed by atoms with Gasteiger partial charge in [0.25, 0.3) is 0 Å². The molecule has 0 saturated heterocycles. The van der Waals surface area contributed by atoms with Crippen LogP contribution in [0.1, 0.15) is 49.3 Å². The quantitative estimate of drug-likeness (QED) is 0.652. The zero-order chi connectivity index (χ0) is 9.68. The summed E-state index contributed by atoms with van der Waals surface area (Å²) >= 11 is 1.90. The number of hydrogen-bond acceptors (Lipinski definition) is 1. The van der Waals surface area contributed by atoms with Gasteiger partial charge in [-0.05, 0) is 30.5 Å². The highest BCUT2D eigenvalue weighted by atomic mass is 32.1. The van der Waals surface area contributed by atoms with Gasteiger partial charge in [0.05, 0.1) is 0 Å². The Balaban J connectivity index is 2.58. The Hall–Kier alpha value is -0.560. The molecule has 0 saturated carbocycles. The maximum atomic E-state index is 2.26. The van der Waals surface area contributed by atoms with Crippen molar-refractivity contribution >= 4 is 17.4 Å². The average Bonchev–Trinajstić information content (AvgIpc) is 2.53. The van der Waals surface area contributed by atoms with Crippen molar-refractivity contribution in [2.24, 2.45) is 0 Å². The number of unbranched alkanes of at least 4 members (excludes halogenated alkanes) is 1. The second-order valence-electron chi connectivity index (χ2n) is 3.59. The van der Waals surface area contributed by atoms with E-state index in [9.17, 15) is 0 Å². The lowest BCUT2D eigenvalue weighted by molar-refractivity contribution is 0.890. The molecule has 1 aromatic rings. The van der Waals surface area contributed by atoms with Crippen molar-refractivity contribution in [1.29, 1.82) is 0 Å². The van der Waals surface area contributed by atoms with Gasteiger partial charge in [0.2, 0.25) is 0 Å². The normalized spacial score (nSPS) is 11.7. The lowest BCUT2D eigenvalue weighted by Crippen LogP contribution is -1.77. The molecule has 0 unspecified atom stereocenters. The van der Waals surface area contributed by atoms with E-state index in [-0.39, 0.29) is 0 Å². The summed E-state index contributed by atoms with van der Waals surface area (Å²) < 4.78 is 0. The molecule has 1 heterocycles. The molecule has 0 aromatic carbocycles. The molecule has 1 heteroatoms. The third-order valence-corrected chi connectivity index (χ3v) is 3.31. The largest absolute Gasteiger partial charge is 0.141 e. The Morgan fingerprint density at radius 1 is 1.38 bits per heavy atom. The van der Waals surface area contributed by atoms with Crippen molar-refractivity contribution in [1.82, 2.24) is 0 Å². The standard InChI is InChI=1S/C12H18S/c1-4-5-6-7-11-8-9-12(13-11)10(2)3/h6-10H,4-5H2,1-3H3/b7-6+. The lowest BCUT2D eigenvalue weighted by atomic mass is 10.2. The molecule has 13 heavy (non-hydrogen) atoms. The van der Waals surface area contributed by atoms with Gasteiger partial charge in [-0.2, -0.15) is 0 Å². The van der Waals surface area contributed by atoms with E-state index >= 15 is 0 Å². The predicted molar refractivity (Wildman–Crippen MR) is 62.4 cm³/mol. The first-order valence-corrected chi connectivity index (χ1v) is 5.82. The highest BCUT2D eigenvalue weighted by Gasteiger charge is 2.00. The third kappa shape index (κ3) is 3.35. The van der Waals surface area contributed by atoms with E-state index in [1.54, 1.807) is 0 Å². The van der Waals surface area contributed by atoms with Gasteiger partial charge in [0, 0.05) is 9.75 Å². The Morgan fingerprint density at radius 3 is 2.69 bits per heavy atom. The average molecular weight is 194 g/mol. The summed E-state index contributed by atoms with van der Waals surface area (Å²) in [6, 6.07) is 4.45. The van der Waals surface area contributed by atoms with Gasteiger partial charge in [-0.1, -0.05) is 33.3 Å². The summed E-state index contributed by atoms with van der Waals surface area (Å²) in [4.78, 5) is 2.87. The van der Waals surface area contributed by atoms with Crippen LogP contribution in [0.15, 0.2) is 18.2 Å². The Labute approximate surface area is 85.3 Å². The van der Waals surface area contributed by atoms with E-state index in [0.29, 0.717) is 5.92 Å². The van der Waals surface area contributed by atoms with Crippen LogP contribution in [0.2, 0.25) is 0 Å². The minimum Gasteiger partial charge on any atom is -0.141 e. The summed E-state index contributed by atoms with van der Waals surface area (Å²) in [5.41, 5.74) is 0. The zero-order valence-corrected chi connectivity index (χ0v) is 9.53. The van der Waals surface area contributed by atoms with Crippen LogP contribution in [0.25, 0.3) is 6.08 Å².